The Morgan fingerprint density at radius 1 is 1.12 bits per heavy atom. The second-order valence-electron chi connectivity index (χ2n) is 7.59. The molecule has 7 nitrogen and oxygen atoms in total. The average Bonchev–Trinajstić information content (AvgIpc) is 3.40. The van der Waals surface area contributed by atoms with E-state index in [0.717, 1.165) is 37.6 Å². The summed E-state index contributed by atoms with van der Waals surface area (Å²) in [6.07, 6.45) is 6.10. The van der Waals surface area contributed by atoms with Gasteiger partial charge in [0.2, 0.25) is 0 Å². The lowest BCUT2D eigenvalue weighted by atomic mass is 10.0. The van der Waals surface area contributed by atoms with Crippen LogP contribution in [0.1, 0.15) is 39.5 Å². The van der Waals surface area contributed by atoms with Crippen LogP contribution in [0.5, 0.6) is 0 Å². The fourth-order valence-electron chi connectivity index (χ4n) is 3.43. The molecule has 0 unspecified atom stereocenters. The van der Waals surface area contributed by atoms with Crippen molar-refractivity contribution in [1.29, 1.82) is 0 Å². The molecular formula is C18H30N6O. The Labute approximate surface area is 150 Å². The molecule has 25 heavy (non-hydrogen) atoms. The smallest absolute Gasteiger partial charge is 0.317 e. The topological polar surface area (TPSA) is 64.6 Å². The quantitative estimate of drug-likeness (QED) is 0.884. The first kappa shape index (κ1) is 17.8. The fraction of sp³-hybridized carbons (Fsp3) is 0.722. The standard InChI is InChI=1S/C18H30N6O/c1-13(2)21-18(25)23-9-7-15(8-10-23)24(14-5-6-14)17-11-16(22(3)4)19-12-20-17/h11-15H,5-10H2,1-4H3,(H,21,25). The van der Waals surface area contributed by atoms with Gasteiger partial charge in [-0.15, -0.1) is 0 Å². The van der Waals surface area contributed by atoms with Crippen molar-refractivity contribution in [1.82, 2.24) is 20.2 Å². The predicted octanol–water partition coefficient (Wildman–Crippen LogP) is 2.09. The maximum absolute atomic E-state index is 12.2. The van der Waals surface area contributed by atoms with Crippen LogP contribution in [0.2, 0.25) is 0 Å². The van der Waals surface area contributed by atoms with Gasteiger partial charge in [0, 0.05) is 51.4 Å². The molecule has 1 saturated carbocycles. The summed E-state index contributed by atoms with van der Waals surface area (Å²) in [6.45, 7) is 5.60. The van der Waals surface area contributed by atoms with E-state index in [1.807, 2.05) is 37.7 Å². The molecule has 1 N–H and O–H groups in total. The molecule has 1 aromatic rings. The molecule has 2 fully saturated rings. The van der Waals surface area contributed by atoms with Crippen LogP contribution in [-0.2, 0) is 0 Å². The Morgan fingerprint density at radius 3 is 2.28 bits per heavy atom. The monoisotopic (exact) mass is 346 g/mol. The number of nitrogens with zero attached hydrogens (tertiary/aromatic N) is 5. The molecule has 1 aliphatic carbocycles. The predicted molar refractivity (Wildman–Crippen MR) is 100 cm³/mol. The third kappa shape index (κ3) is 4.32. The molecule has 1 aliphatic heterocycles. The minimum atomic E-state index is 0.0587. The number of amides is 2. The SMILES string of the molecule is CC(C)NC(=O)N1CCC(N(c2cc(N(C)C)ncn2)C2CC2)CC1. The number of anilines is 2. The largest absolute Gasteiger partial charge is 0.363 e. The van der Waals surface area contributed by atoms with E-state index in [-0.39, 0.29) is 12.1 Å². The van der Waals surface area contributed by atoms with Gasteiger partial charge in [0.05, 0.1) is 0 Å². The van der Waals surface area contributed by atoms with Crippen molar-refractivity contribution in [2.24, 2.45) is 0 Å². The summed E-state index contributed by atoms with van der Waals surface area (Å²) in [5.74, 6) is 1.95. The number of hydrogen-bond donors (Lipinski definition) is 1. The van der Waals surface area contributed by atoms with Crippen LogP contribution in [0.25, 0.3) is 0 Å². The maximum Gasteiger partial charge on any atom is 0.317 e. The molecule has 2 amide bonds. The van der Waals surface area contributed by atoms with Crippen LogP contribution >= 0.6 is 0 Å². The first-order valence-electron chi connectivity index (χ1n) is 9.29. The van der Waals surface area contributed by atoms with Gasteiger partial charge in [-0.3, -0.25) is 0 Å². The minimum absolute atomic E-state index is 0.0587. The molecule has 1 aromatic heterocycles. The molecule has 0 spiro atoms. The van der Waals surface area contributed by atoms with Gasteiger partial charge in [0.25, 0.3) is 0 Å². The van der Waals surface area contributed by atoms with E-state index in [2.05, 4.69) is 26.3 Å². The summed E-state index contributed by atoms with van der Waals surface area (Å²) >= 11 is 0. The molecule has 0 bridgehead atoms. The van der Waals surface area contributed by atoms with Crippen LogP contribution in [0.3, 0.4) is 0 Å². The Bertz CT molecular complexity index is 593. The van der Waals surface area contributed by atoms with Gasteiger partial charge in [0.15, 0.2) is 0 Å². The van der Waals surface area contributed by atoms with Crippen LogP contribution in [-0.4, -0.2) is 66.2 Å². The molecule has 1 saturated heterocycles. The van der Waals surface area contributed by atoms with Crippen LogP contribution < -0.4 is 15.1 Å². The van der Waals surface area contributed by atoms with Gasteiger partial charge >= 0.3 is 6.03 Å². The molecule has 0 radical (unpaired) electrons. The summed E-state index contributed by atoms with van der Waals surface area (Å²) in [6, 6.07) is 3.35. The van der Waals surface area contributed by atoms with E-state index in [1.54, 1.807) is 6.33 Å². The number of nitrogens with one attached hydrogen (secondary N) is 1. The second-order valence-corrected chi connectivity index (χ2v) is 7.59. The van der Waals surface area contributed by atoms with Crippen LogP contribution in [0.4, 0.5) is 16.4 Å². The number of piperidine rings is 1. The highest BCUT2D eigenvalue weighted by Gasteiger charge is 2.37. The van der Waals surface area contributed by atoms with Gasteiger partial charge in [-0.05, 0) is 39.5 Å². The van der Waals surface area contributed by atoms with Crippen molar-refractivity contribution in [2.75, 3.05) is 37.0 Å². The van der Waals surface area contributed by atoms with Gasteiger partial charge in [-0.25, -0.2) is 14.8 Å². The van der Waals surface area contributed by atoms with Crippen molar-refractivity contribution in [2.45, 2.75) is 57.7 Å². The summed E-state index contributed by atoms with van der Waals surface area (Å²) in [4.78, 5) is 27.5. The third-order valence-electron chi connectivity index (χ3n) is 4.86. The molecule has 0 aromatic carbocycles. The zero-order valence-electron chi connectivity index (χ0n) is 15.8. The normalized spacial score (nSPS) is 18.4. The Morgan fingerprint density at radius 2 is 1.72 bits per heavy atom. The Kier molecular flexibility index (Phi) is 5.30. The third-order valence-corrected chi connectivity index (χ3v) is 4.86. The van der Waals surface area contributed by atoms with E-state index in [1.165, 1.54) is 12.8 Å². The number of carbonyl (C=O) groups excluding carboxylic acids is 1. The Balaban J connectivity index is 1.67. The van der Waals surface area contributed by atoms with E-state index >= 15 is 0 Å². The molecule has 2 heterocycles. The first-order valence-corrected chi connectivity index (χ1v) is 9.29. The lowest BCUT2D eigenvalue weighted by Crippen LogP contribution is -2.51. The van der Waals surface area contributed by atoms with E-state index in [4.69, 9.17) is 0 Å². The summed E-state index contributed by atoms with van der Waals surface area (Å²) in [7, 11) is 4.00. The van der Waals surface area contributed by atoms with E-state index in [0.29, 0.717) is 12.1 Å². The van der Waals surface area contributed by atoms with Gasteiger partial charge in [-0.2, -0.15) is 0 Å². The maximum atomic E-state index is 12.2. The van der Waals surface area contributed by atoms with Crippen molar-refractivity contribution in [3.05, 3.63) is 12.4 Å². The van der Waals surface area contributed by atoms with Crippen LogP contribution in [0, 0.1) is 0 Å². The number of likely N-dealkylation sites (tertiary alicyclic amines) is 1. The van der Waals surface area contributed by atoms with Gasteiger partial charge in [0.1, 0.15) is 18.0 Å². The minimum Gasteiger partial charge on any atom is -0.363 e. The highest BCUT2D eigenvalue weighted by Crippen LogP contribution is 2.35. The number of aromatic nitrogens is 2. The Hall–Kier alpha value is -2.05. The van der Waals surface area contributed by atoms with Crippen molar-refractivity contribution >= 4 is 17.7 Å². The van der Waals surface area contributed by atoms with Gasteiger partial charge < -0.3 is 20.0 Å². The molecule has 7 heteroatoms. The molecular weight excluding hydrogens is 316 g/mol. The highest BCUT2D eigenvalue weighted by atomic mass is 16.2. The van der Waals surface area contributed by atoms with Crippen molar-refractivity contribution in [3.63, 3.8) is 0 Å². The fourth-order valence-corrected chi connectivity index (χ4v) is 3.43. The second kappa shape index (κ2) is 7.45. The summed E-state index contributed by atoms with van der Waals surface area (Å²) < 4.78 is 0. The van der Waals surface area contributed by atoms with Crippen LogP contribution in [0.15, 0.2) is 12.4 Å². The number of carbonyl (C=O) groups is 1. The number of urea groups is 1. The zero-order valence-corrected chi connectivity index (χ0v) is 15.8. The highest BCUT2D eigenvalue weighted by molar-refractivity contribution is 5.74. The van der Waals surface area contributed by atoms with Crippen molar-refractivity contribution < 1.29 is 4.79 Å². The molecule has 0 atom stereocenters. The lowest BCUT2D eigenvalue weighted by Gasteiger charge is -2.39. The summed E-state index contributed by atoms with van der Waals surface area (Å²) in [5, 5.41) is 2.99. The zero-order chi connectivity index (χ0) is 18.0. The molecule has 2 aliphatic rings. The lowest BCUT2D eigenvalue weighted by molar-refractivity contribution is 0.178. The number of hydrogen-bond acceptors (Lipinski definition) is 5. The average molecular weight is 346 g/mol. The van der Waals surface area contributed by atoms with E-state index in [9.17, 15) is 4.79 Å². The number of rotatable bonds is 5. The summed E-state index contributed by atoms with van der Waals surface area (Å²) in [5.41, 5.74) is 0. The van der Waals surface area contributed by atoms with Gasteiger partial charge in [-0.1, -0.05) is 0 Å². The molecule has 138 valence electrons. The molecule has 3 rings (SSSR count). The first-order chi connectivity index (χ1) is 12.0. The van der Waals surface area contributed by atoms with E-state index < -0.39 is 0 Å². The van der Waals surface area contributed by atoms with Crippen molar-refractivity contribution in [3.8, 4) is 0 Å².